The Hall–Kier alpha value is -3.24. The smallest absolute Gasteiger partial charge is 0.290 e. The number of halogens is 1. The van der Waals surface area contributed by atoms with Crippen molar-refractivity contribution in [1.82, 2.24) is 4.90 Å². The molecule has 0 radical (unpaired) electrons. The summed E-state index contributed by atoms with van der Waals surface area (Å²) in [5, 5.41) is 11.4. The lowest BCUT2D eigenvalue weighted by atomic mass is 9.93. The molecular formula is C24H20ClNO3. The summed E-state index contributed by atoms with van der Waals surface area (Å²) in [7, 11) is 1.60. The zero-order valence-electron chi connectivity index (χ0n) is 15.9. The van der Waals surface area contributed by atoms with Crippen LogP contribution in [0, 0.1) is 0 Å². The zero-order chi connectivity index (χ0) is 20.4. The first-order valence-electron chi connectivity index (χ1n) is 9.26. The van der Waals surface area contributed by atoms with Crippen LogP contribution in [0.15, 0.2) is 84.6 Å². The number of hydrogen-bond donors (Lipinski definition) is 1. The van der Waals surface area contributed by atoms with E-state index in [1.807, 2.05) is 66.7 Å². The molecule has 29 heavy (non-hydrogen) atoms. The average molecular weight is 406 g/mol. The van der Waals surface area contributed by atoms with Crippen molar-refractivity contribution < 1.29 is 14.6 Å². The minimum Gasteiger partial charge on any atom is -0.503 e. The molecule has 0 bridgehead atoms. The highest BCUT2D eigenvalue weighted by Crippen LogP contribution is 2.44. The SMILES string of the molecule is COc1ccc(C2=C(O)C(=O)N(Cc3ccccc3)[C@@H]2c2ccc(Cl)cc2)cc1. The van der Waals surface area contributed by atoms with Crippen molar-refractivity contribution in [3.8, 4) is 5.75 Å². The molecule has 146 valence electrons. The fourth-order valence-corrected chi connectivity index (χ4v) is 3.78. The van der Waals surface area contributed by atoms with Gasteiger partial charge in [-0.15, -0.1) is 0 Å². The summed E-state index contributed by atoms with van der Waals surface area (Å²) >= 11 is 6.07. The Bertz CT molecular complexity index is 1040. The summed E-state index contributed by atoms with van der Waals surface area (Å²) in [6.07, 6.45) is 0. The maximum absolute atomic E-state index is 13.0. The van der Waals surface area contributed by atoms with Crippen LogP contribution in [0.1, 0.15) is 22.7 Å². The number of carbonyl (C=O) groups excluding carboxylic acids is 1. The number of benzene rings is 3. The number of amides is 1. The standard InChI is InChI=1S/C24H20ClNO3/c1-29-20-13-9-17(10-14-20)21-22(18-7-11-19(25)12-8-18)26(24(28)23(21)27)15-16-5-3-2-4-6-16/h2-14,22,27H,15H2,1H3/t22-/m1/s1. The monoisotopic (exact) mass is 405 g/mol. The van der Waals surface area contributed by atoms with Gasteiger partial charge in [-0.3, -0.25) is 4.79 Å². The van der Waals surface area contributed by atoms with Crippen LogP contribution in [0.2, 0.25) is 5.02 Å². The van der Waals surface area contributed by atoms with Gasteiger partial charge in [-0.25, -0.2) is 0 Å². The van der Waals surface area contributed by atoms with Gasteiger partial charge in [-0.2, -0.15) is 0 Å². The van der Waals surface area contributed by atoms with Crippen LogP contribution in [0.25, 0.3) is 5.57 Å². The van der Waals surface area contributed by atoms with Gasteiger partial charge in [-0.1, -0.05) is 66.2 Å². The van der Waals surface area contributed by atoms with Gasteiger partial charge < -0.3 is 14.7 Å². The van der Waals surface area contributed by atoms with Crippen LogP contribution >= 0.6 is 11.6 Å². The molecule has 0 spiro atoms. The van der Waals surface area contributed by atoms with E-state index >= 15 is 0 Å². The predicted octanol–water partition coefficient (Wildman–Crippen LogP) is 5.40. The molecule has 1 aliphatic rings. The third-order valence-corrected chi connectivity index (χ3v) is 5.34. The highest BCUT2D eigenvalue weighted by Gasteiger charge is 2.40. The Balaban J connectivity index is 1.80. The van der Waals surface area contributed by atoms with Crippen LogP contribution < -0.4 is 4.74 Å². The van der Waals surface area contributed by atoms with E-state index in [-0.39, 0.29) is 11.7 Å². The summed E-state index contributed by atoms with van der Waals surface area (Å²) in [6.45, 7) is 0.386. The molecule has 0 fully saturated rings. The van der Waals surface area contributed by atoms with Gasteiger partial charge >= 0.3 is 0 Å². The maximum Gasteiger partial charge on any atom is 0.290 e. The minimum absolute atomic E-state index is 0.231. The topological polar surface area (TPSA) is 49.8 Å². The quantitative estimate of drug-likeness (QED) is 0.618. The second-order valence-electron chi connectivity index (χ2n) is 6.86. The van der Waals surface area contributed by atoms with E-state index in [0.717, 1.165) is 16.7 Å². The number of nitrogens with zero attached hydrogens (tertiary/aromatic N) is 1. The summed E-state index contributed by atoms with van der Waals surface area (Å²) in [5.41, 5.74) is 3.22. The lowest BCUT2D eigenvalue weighted by Crippen LogP contribution is -2.29. The Morgan fingerprint density at radius 1 is 0.966 bits per heavy atom. The second-order valence-corrected chi connectivity index (χ2v) is 7.30. The van der Waals surface area contributed by atoms with Crippen molar-refractivity contribution in [2.45, 2.75) is 12.6 Å². The molecule has 1 aliphatic heterocycles. The van der Waals surface area contributed by atoms with E-state index < -0.39 is 6.04 Å². The molecule has 0 aromatic heterocycles. The molecule has 0 aliphatic carbocycles. The summed E-state index contributed by atoms with van der Waals surface area (Å²) in [6, 6.07) is 24.0. The molecule has 1 heterocycles. The number of hydrogen-bond acceptors (Lipinski definition) is 3. The van der Waals surface area contributed by atoms with Gasteiger partial charge in [0, 0.05) is 17.1 Å². The normalized spacial score (nSPS) is 16.4. The Labute approximate surface area is 174 Å². The summed E-state index contributed by atoms with van der Waals surface area (Å²) < 4.78 is 5.23. The first kappa shape index (κ1) is 19.1. The molecular weight excluding hydrogens is 386 g/mol. The highest BCUT2D eigenvalue weighted by atomic mass is 35.5. The lowest BCUT2D eigenvalue weighted by Gasteiger charge is -2.27. The molecule has 0 saturated heterocycles. The third kappa shape index (κ3) is 3.71. The predicted molar refractivity (Wildman–Crippen MR) is 114 cm³/mol. The van der Waals surface area contributed by atoms with Crippen LogP contribution in [0.5, 0.6) is 5.75 Å². The van der Waals surface area contributed by atoms with Crippen LogP contribution in [-0.2, 0) is 11.3 Å². The van der Waals surface area contributed by atoms with E-state index in [4.69, 9.17) is 16.3 Å². The second kappa shape index (κ2) is 8.02. The molecule has 4 rings (SSSR count). The molecule has 4 nitrogen and oxygen atoms in total. The minimum atomic E-state index is -0.423. The molecule has 3 aromatic rings. The molecule has 0 unspecified atom stereocenters. The number of ether oxygens (including phenoxy) is 1. The lowest BCUT2D eigenvalue weighted by molar-refractivity contribution is -0.130. The van der Waals surface area contributed by atoms with E-state index in [1.54, 1.807) is 24.1 Å². The van der Waals surface area contributed by atoms with Crippen LogP contribution in [0.4, 0.5) is 0 Å². The fourth-order valence-electron chi connectivity index (χ4n) is 3.65. The fraction of sp³-hybridized carbons (Fsp3) is 0.125. The van der Waals surface area contributed by atoms with Crippen molar-refractivity contribution >= 4 is 23.1 Å². The molecule has 1 amide bonds. The van der Waals surface area contributed by atoms with E-state index in [9.17, 15) is 9.90 Å². The van der Waals surface area contributed by atoms with Gasteiger partial charge in [0.1, 0.15) is 5.75 Å². The van der Waals surface area contributed by atoms with E-state index in [1.165, 1.54) is 0 Å². The molecule has 3 aromatic carbocycles. The maximum atomic E-state index is 13.0. The van der Waals surface area contributed by atoms with Crippen LogP contribution in [-0.4, -0.2) is 23.0 Å². The Morgan fingerprint density at radius 2 is 1.62 bits per heavy atom. The van der Waals surface area contributed by atoms with Crippen molar-refractivity contribution in [3.63, 3.8) is 0 Å². The summed E-state index contributed by atoms with van der Waals surface area (Å²) in [4.78, 5) is 14.7. The van der Waals surface area contributed by atoms with Crippen molar-refractivity contribution in [2.24, 2.45) is 0 Å². The van der Waals surface area contributed by atoms with Gasteiger partial charge in [0.15, 0.2) is 5.76 Å². The molecule has 1 N–H and O–H groups in total. The van der Waals surface area contributed by atoms with Gasteiger partial charge in [0.2, 0.25) is 0 Å². The number of aliphatic hydroxyl groups excluding tert-OH is 1. The van der Waals surface area contributed by atoms with Gasteiger partial charge in [-0.05, 0) is 41.0 Å². The molecule has 0 saturated carbocycles. The largest absolute Gasteiger partial charge is 0.503 e. The molecule has 1 atom stereocenters. The number of methoxy groups -OCH3 is 1. The van der Waals surface area contributed by atoms with E-state index in [2.05, 4.69) is 0 Å². The van der Waals surface area contributed by atoms with Crippen molar-refractivity contribution in [3.05, 3.63) is 106 Å². The third-order valence-electron chi connectivity index (χ3n) is 5.09. The highest BCUT2D eigenvalue weighted by molar-refractivity contribution is 6.30. The first-order chi connectivity index (χ1) is 14.1. The molecule has 5 heteroatoms. The Kier molecular flexibility index (Phi) is 5.28. The van der Waals surface area contributed by atoms with Gasteiger partial charge in [0.05, 0.1) is 13.2 Å². The van der Waals surface area contributed by atoms with Crippen molar-refractivity contribution in [2.75, 3.05) is 7.11 Å². The van der Waals surface area contributed by atoms with E-state index in [0.29, 0.717) is 22.9 Å². The van der Waals surface area contributed by atoms with Crippen molar-refractivity contribution in [1.29, 1.82) is 0 Å². The number of rotatable bonds is 5. The first-order valence-corrected chi connectivity index (χ1v) is 9.64. The number of aliphatic hydroxyl groups is 1. The number of carbonyl (C=O) groups is 1. The Morgan fingerprint density at radius 3 is 2.24 bits per heavy atom. The van der Waals surface area contributed by atoms with Crippen LogP contribution in [0.3, 0.4) is 0 Å². The zero-order valence-corrected chi connectivity index (χ0v) is 16.6. The van der Waals surface area contributed by atoms with Gasteiger partial charge in [0.25, 0.3) is 5.91 Å². The summed E-state index contributed by atoms with van der Waals surface area (Å²) in [5.74, 6) is 0.0908. The average Bonchev–Trinajstić information content (AvgIpc) is 3.00.